The molecular formula is C14H16INO5. The second kappa shape index (κ2) is 6.71. The number of amides is 1. The fraction of sp³-hybridized carbons (Fsp3) is 0.429. The van der Waals surface area contributed by atoms with Gasteiger partial charge in [-0.05, 0) is 19.1 Å². The van der Waals surface area contributed by atoms with Gasteiger partial charge in [0.25, 0.3) is 5.91 Å². The van der Waals surface area contributed by atoms with Crippen molar-refractivity contribution in [2.45, 2.75) is 29.1 Å². The molecule has 6 nitrogen and oxygen atoms in total. The molecule has 1 amide bonds. The maximum absolute atomic E-state index is 12.5. The zero-order chi connectivity index (χ0) is 15.6. The van der Waals surface area contributed by atoms with E-state index in [2.05, 4.69) is 4.74 Å². The Balaban J connectivity index is 2.26. The first-order chi connectivity index (χ1) is 9.97. The van der Waals surface area contributed by atoms with Crippen molar-refractivity contribution in [1.82, 2.24) is 5.06 Å². The number of methoxy groups -OCH3 is 1. The first kappa shape index (κ1) is 16.2. The van der Waals surface area contributed by atoms with Crippen LogP contribution in [0.5, 0.6) is 0 Å². The lowest BCUT2D eigenvalue weighted by atomic mass is 10.0. The maximum Gasteiger partial charge on any atom is 0.338 e. The van der Waals surface area contributed by atoms with Crippen molar-refractivity contribution in [3.8, 4) is 0 Å². The van der Waals surface area contributed by atoms with E-state index in [1.165, 1.54) is 7.11 Å². The molecule has 4 atom stereocenters. The van der Waals surface area contributed by atoms with E-state index in [-0.39, 0.29) is 0 Å². The van der Waals surface area contributed by atoms with Gasteiger partial charge in [-0.3, -0.25) is 9.63 Å². The molecule has 0 spiro atoms. The highest BCUT2D eigenvalue weighted by atomic mass is 127. The molecule has 1 saturated heterocycles. The topological polar surface area (TPSA) is 76.1 Å². The summed E-state index contributed by atoms with van der Waals surface area (Å²) in [5.41, 5.74) is 0.423. The van der Waals surface area contributed by atoms with Crippen molar-refractivity contribution in [2.75, 3.05) is 7.11 Å². The number of halogens is 1. The van der Waals surface area contributed by atoms with Crippen LogP contribution >= 0.6 is 22.6 Å². The van der Waals surface area contributed by atoms with Gasteiger partial charge in [-0.1, -0.05) is 40.8 Å². The Labute approximate surface area is 136 Å². The molecule has 1 fully saturated rings. The lowest BCUT2D eigenvalue weighted by Crippen LogP contribution is -2.60. The molecule has 1 aliphatic heterocycles. The Hall–Kier alpha value is -1.19. The van der Waals surface area contributed by atoms with E-state index < -0.39 is 34.1 Å². The number of benzene rings is 1. The predicted octanol–water partition coefficient (Wildman–Crippen LogP) is 1.17. The minimum atomic E-state index is -1.02. The third-order valence-corrected chi connectivity index (χ3v) is 4.75. The monoisotopic (exact) mass is 405 g/mol. The molecule has 1 aromatic rings. The number of hydroxylamine groups is 2. The van der Waals surface area contributed by atoms with Gasteiger partial charge in [-0.25, -0.2) is 9.86 Å². The fourth-order valence-corrected chi connectivity index (χ4v) is 3.12. The molecular weight excluding hydrogens is 389 g/mol. The minimum absolute atomic E-state index is 0.403. The van der Waals surface area contributed by atoms with E-state index in [0.717, 1.165) is 5.06 Å². The van der Waals surface area contributed by atoms with Crippen LogP contribution in [-0.4, -0.2) is 51.3 Å². The van der Waals surface area contributed by atoms with Crippen molar-refractivity contribution >= 4 is 34.5 Å². The summed E-state index contributed by atoms with van der Waals surface area (Å²) in [5.74, 6) is -1.02. The molecule has 0 bridgehead atoms. The Morgan fingerprint density at radius 2 is 1.95 bits per heavy atom. The van der Waals surface area contributed by atoms with Gasteiger partial charge < -0.3 is 9.84 Å². The van der Waals surface area contributed by atoms with Crippen LogP contribution in [-0.2, 0) is 14.4 Å². The summed E-state index contributed by atoms with van der Waals surface area (Å²) in [5, 5.41) is 11.3. The number of rotatable bonds is 2. The maximum atomic E-state index is 12.5. The number of aliphatic hydroxyl groups excluding tert-OH is 1. The molecule has 1 aliphatic rings. The number of carbonyl (C=O) groups excluding carboxylic acids is 2. The molecule has 4 unspecified atom stereocenters. The number of alkyl halides is 1. The highest BCUT2D eigenvalue weighted by Crippen LogP contribution is 2.29. The highest BCUT2D eigenvalue weighted by Gasteiger charge is 2.46. The number of hydrogen-bond donors (Lipinski definition) is 1. The van der Waals surface area contributed by atoms with Crippen molar-refractivity contribution in [3.05, 3.63) is 35.9 Å². The number of esters is 1. The largest absolute Gasteiger partial charge is 0.467 e. The number of aliphatic hydroxyl groups is 1. The zero-order valence-electron chi connectivity index (χ0n) is 11.6. The third-order valence-electron chi connectivity index (χ3n) is 3.36. The second-order valence-electron chi connectivity index (χ2n) is 4.72. The number of carbonyl (C=O) groups is 2. The van der Waals surface area contributed by atoms with Crippen molar-refractivity contribution in [2.24, 2.45) is 0 Å². The fourth-order valence-electron chi connectivity index (χ4n) is 2.09. The second-order valence-corrected chi connectivity index (χ2v) is 6.16. The quantitative estimate of drug-likeness (QED) is 0.454. The van der Waals surface area contributed by atoms with Crippen molar-refractivity contribution in [3.63, 3.8) is 0 Å². The first-order valence-corrected chi connectivity index (χ1v) is 7.67. The highest BCUT2D eigenvalue weighted by molar-refractivity contribution is 14.1. The Morgan fingerprint density at radius 3 is 2.52 bits per heavy atom. The Kier molecular flexibility index (Phi) is 5.17. The van der Waals surface area contributed by atoms with Gasteiger partial charge in [0.1, 0.15) is 0 Å². The van der Waals surface area contributed by atoms with Crippen LogP contribution < -0.4 is 0 Å². The van der Waals surface area contributed by atoms with E-state index >= 15 is 0 Å². The number of nitrogens with zero attached hydrogens (tertiary/aromatic N) is 1. The summed E-state index contributed by atoms with van der Waals surface area (Å²) < 4.78 is 4.16. The molecule has 2 rings (SSSR count). The van der Waals surface area contributed by atoms with Crippen molar-refractivity contribution < 1.29 is 24.3 Å². The smallest absolute Gasteiger partial charge is 0.338 e. The van der Waals surface area contributed by atoms with Gasteiger partial charge >= 0.3 is 5.97 Å². The van der Waals surface area contributed by atoms with E-state index in [0.29, 0.717) is 5.56 Å². The molecule has 21 heavy (non-hydrogen) atoms. The van der Waals surface area contributed by atoms with Crippen LogP contribution in [0.25, 0.3) is 0 Å². The summed E-state index contributed by atoms with van der Waals surface area (Å²) >= 11 is 1.93. The van der Waals surface area contributed by atoms with E-state index in [1.807, 2.05) is 22.6 Å². The predicted molar refractivity (Wildman–Crippen MR) is 82.8 cm³/mol. The Bertz CT molecular complexity index is 523. The van der Waals surface area contributed by atoms with E-state index in [1.54, 1.807) is 37.3 Å². The van der Waals surface area contributed by atoms with Crippen LogP contribution in [0.15, 0.2) is 30.3 Å². The molecule has 0 aromatic heterocycles. The molecule has 1 heterocycles. The lowest BCUT2D eigenvalue weighted by molar-refractivity contribution is -0.237. The van der Waals surface area contributed by atoms with Crippen LogP contribution in [0.4, 0.5) is 0 Å². The van der Waals surface area contributed by atoms with E-state index in [9.17, 15) is 14.7 Å². The van der Waals surface area contributed by atoms with Gasteiger partial charge in [0.2, 0.25) is 0 Å². The summed E-state index contributed by atoms with van der Waals surface area (Å²) in [6.45, 7) is 1.67. The van der Waals surface area contributed by atoms with E-state index in [4.69, 9.17) is 4.84 Å². The zero-order valence-corrected chi connectivity index (χ0v) is 13.8. The summed E-state index contributed by atoms with van der Waals surface area (Å²) in [7, 11) is 1.24. The minimum Gasteiger partial charge on any atom is -0.467 e. The van der Waals surface area contributed by atoms with Gasteiger partial charge in [0.15, 0.2) is 6.10 Å². The van der Waals surface area contributed by atoms with Crippen molar-refractivity contribution in [1.29, 1.82) is 0 Å². The third kappa shape index (κ3) is 3.19. The standard InChI is InChI=1S/C14H16INO5/c1-8-11(17)10(15)12(14(19)20-2)21-16(8)13(18)9-6-4-3-5-7-9/h3-8,10-12,17H,1-2H3. The van der Waals surface area contributed by atoms with Crippen LogP contribution in [0.3, 0.4) is 0 Å². The van der Waals surface area contributed by atoms with Crippen LogP contribution in [0.2, 0.25) is 0 Å². The van der Waals surface area contributed by atoms with Gasteiger partial charge in [0.05, 0.1) is 23.2 Å². The van der Waals surface area contributed by atoms with Gasteiger partial charge in [-0.2, -0.15) is 0 Å². The van der Waals surface area contributed by atoms with Crippen LogP contribution in [0.1, 0.15) is 17.3 Å². The lowest BCUT2D eigenvalue weighted by Gasteiger charge is -2.41. The van der Waals surface area contributed by atoms with Gasteiger partial charge in [0, 0.05) is 5.56 Å². The normalized spacial score (nSPS) is 29.0. The molecule has 114 valence electrons. The summed E-state index contributed by atoms with van der Waals surface area (Å²) in [4.78, 5) is 29.7. The Morgan fingerprint density at radius 1 is 1.33 bits per heavy atom. The molecule has 0 aliphatic carbocycles. The molecule has 0 saturated carbocycles. The number of ether oxygens (including phenoxy) is 1. The first-order valence-electron chi connectivity index (χ1n) is 6.42. The molecule has 0 radical (unpaired) electrons. The average molecular weight is 405 g/mol. The summed E-state index contributed by atoms with van der Waals surface area (Å²) in [6.07, 6.45) is -1.91. The molecule has 1 aromatic carbocycles. The summed E-state index contributed by atoms with van der Waals surface area (Å²) in [6, 6.07) is 7.99. The molecule has 7 heteroatoms. The number of hydrogen-bond acceptors (Lipinski definition) is 5. The van der Waals surface area contributed by atoms with Crippen LogP contribution in [0, 0.1) is 0 Å². The molecule has 1 N–H and O–H groups in total. The SMILES string of the molecule is COC(=O)C1ON(C(=O)c2ccccc2)C(C)C(O)C1I. The van der Waals surface area contributed by atoms with Gasteiger partial charge in [-0.15, -0.1) is 0 Å². The average Bonchev–Trinajstić information content (AvgIpc) is 2.52.